The van der Waals surface area contributed by atoms with Gasteiger partial charge >= 0.3 is 6.09 Å². The van der Waals surface area contributed by atoms with Crippen LogP contribution in [0.1, 0.15) is 19.9 Å². The lowest BCUT2D eigenvalue weighted by Gasteiger charge is -2.11. The lowest BCUT2D eigenvalue weighted by Crippen LogP contribution is -2.14. The predicted octanol–water partition coefficient (Wildman–Crippen LogP) is 4.22. The molecule has 0 spiro atoms. The summed E-state index contributed by atoms with van der Waals surface area (Å²) >= 11 is 0. The maximum atomic E-state index is 12.8. The van der Waals surface area contributed by atoms with Gasteiger partial charge in [0.25, 0.3) is 0 Å². The maximum Gasteiger partial charge on any atom is 0.411 e. The molecule has 0 saturated carbocycles. The van der Waals surface area contributed by atoms with Gasteiger partial charge in [0.05, 0.1) is 18.0 Å². The van der Waals surface area contributed by atoms with Crippen molar-refractivity contribution in [2.45, 2.75) is 20.9 Å². The predicted molar refractivity (Wildman–Crippen MR) is 92.0 cm³/mol. The Bertz CT molecular complexity index is 645. The maximum absolute atomic E-state index is 12.8. The van der Waals surface area contributed by atoms with Gasteiger partial charge in [0.1, 0.15) is 5.82 Å². The second kappa shape index (κ2) is 8.63. The average molecular weight is 319 g/mol. The third-order valence-corrected chi connectivity index (χ3v) is 2.97. The fourth-order valence-electron chi connectivity index (χ4n) is 1.87. The molecule has 0 heterocycles. The molecule has 4 N–H and O–H groups in total. The number of carbonyl (C=O) groups is 1. The minimum absolute atomic E-state index is 0. The minimum Gasteiger partial charge on any atom is -0.450 e. The molecule has 0 aromatic heterocycles. The number of carbonyl (C=O) groups excluding carboxylic acids is 1. The zero-order valence-corrected chi connectivity index (χ0v) is 12.2. The van der Waals surface area contributed by atoms with E-state index in [0.717, 1.165) is 11.3 Å². The zero-order chi connectivity index (χ0) is 15.9. The van der Waals surface area contributed by atoms with E-state index < -0.39 is 6.09 Å². The summed E-state index contributed by atoms with van der Waals surface area (Å²) in [4.78, 5) is 11.4. The molecule has 124 valence electrons. The number of hydrogen-bond donors (Lipinski definition) is 3. The van der Waals surface area contributed by atoms with Crippen molar-refractivity contribution in [3.63, 3.8) is 0 Å². The SMILES string of the molecule is C.CCOC(=O)Nc1ccc(NCc2ccc(F)cc2)cc1N. The summed E-state index contributed by atoms with van der Waals surface area (Å²) in [7, 11) is 0. The van der Waals surface area contributed by atoms with Gasteiger partial charge < -0.3 is 15.8 Å². The smallest absolute Gasteiger partial charge is 0.411 e. The highest BCUT2D eigenvalue weighted by molar-refractivity contribution is 5.89. The van der Waals surface area contributed by atoms with Crippen LogP contribution < -0.4 is 16.4 Å². The number of nitrogen functional groups attached to an aromatic ring is 1. The van der Waals surface area contributed by atoms with E-state index in [-0.39, 0.29) is 13.2 Å². The second-order valence-electron chi connectivity index (χ2n) is 4.63. The van der Waals surface area contributed by atoms with E-state index in [4.69, 9.17) is 10.5 Å². The van der Waals surface area contributed by atoms with Crippen LogP contribution in [0.2, 0.25) is 0 Å². The summed E-state index contributed by atoms with van der Waals surface area (Å²) in [6.07, 6.45) is -0.541. The highest BCUT2D eigenvalue weighted by Gasteiger charge is 2.06. The molecule has 0 unspecified atom stereocenters. The molecule has 0 saturated heterocycles. The normalized spacial score (nSPS) is 9.65. The number of rotatable bonds is 5. The second-order valence-corrected chi connectivity index (χ2v) is 4.63. The number of ether oxygens (including phenoxy) is 1. The molecule has 0 atom stereocenters. The van der Waals surface area contributed by atoms with Gasteiger partial charge in [-0.05, 0) is 42.8 Å². The first kappa shape index (κ1) is 18.3. The monoisotopic (exact) mass is 319 g/mol. The molecule has 2 aromatic rings. The van der Waals surface area contributed by atoms with E-state index in [1.54, 1.807) is 37.3 Å². The Kier molecular flexibility index (Phi) is 6.86. The summed E-state index contributed by atoms with van der Waals surface area (Å²) in [5.41, 5.74) is 8.57. The molecule has 0 aliphatic heterocycles. The van der Waals surface area contributed by atoms with Gasteiger partial charge in [-0.3, -0.25) is 5.32 Å². The molecule has 1 amide bonds. The average Bonchev–Trinajstić information content (AvgIpc) is 2.49. The summed E-state index contributed by atoms with van der Waals surface area (Å²) < 4.78 is 17.6. The van der Waals surface area contributed by atoms with Crippen LogP contribution in [-0.4, -0.2) is 12.7 Å². The zero-order valence-electron chi connectivity index (χ0n) is 12.2. The van der Waals surface area contributed by atoms with Gasteiger partial charge in [0, 0.05) is 12.2 Å². The van der Waals surface area contributed by atoms with E-state index in [9.17, 15) is 9.18 Å². The molecule has 0 radical (unpaired) electrons. The fraction of sp³-hybridized carbons (Fsp3) is 0.235. The van der Waals surface area contributed by atoms with Crippen LogP contribution >= 0.6 is 0 Å². The van der Waals surface area contributed by atoms with E-state index in [1.807, 2.05) is 0 Å². The lowest BCUT2D eigenvalue weighted by atomic mass is 10.2. The first-order chi connectivity index (χ1) is 10.6. The number of nitrogens with two attached hydrogens (primary N) is 1. The Labute approximate surface area is 135 Å². The molecule has 0 fully saturated rings. The molecule has 0 aliphatic carbocycles. The topological polar surface area (TPSA) is 76.4 Å². The number of anilines is 3. The van der Waals surface area contributed by atoms with Crippen LogP contribution in [0, 0.1) is 5.82 Å². The molecular formula is C17H22FN3O2. The Morgan fingerprint density at radius 2 is 1.91 bits per heavy atom. The van der Waals surface area contributed by atoms with Crippen LogP contribution in [0.5, 0.6) is 0 Å². The quantitative estimate of drug-likeness (QED) is 0.721. The van der Waals surface area contributed by atoms with E-state index in [2.05, 4.69) is 10.6 Å². The van der Waals surface area contributed by atoms with E-state index in [0.29, 0.717) is 24.5 Å². The van der Waals surface area contributed by atoms with Crippen molar-refractivity contribution < 1.29 is 13.9 Å². The fourth-order valence-corrected chi connectivity index (χ4v) is 1.87. The van der Waals surface area contributed by atoms with Crippen LogP contribution in [0.4, 0.5) is 26.2 Å². The van der Waals surface area contributed by atoms with Crippen molar-refractivity contribution in [3.8, 4) is 0 Å². The van der Waals surface area contributed by atoms with Gasteiger partial charge in [0.15, 0.2) is 0 Å². The Morgan fingerprint density at radius 3 is 2.52 bits per heavy atom. The van der Waals surface area contributed by atoms with E-state index >= 15 is 0 Å². The van der Waals surface area contributed by atoms with Crippen molar-refractivity contribution in [3.05, 3.63) is 53.8 Å². The number of amides is 1. The van der Waals surface area contributed by atoms with Crippen LogP contribution in [0.25, 0.3) is 0 Å². The van der Waals surface area contributed by atoms with Gasteiger partial charge in [-0.15, -0.1) is 0 Å². The highest BCUT2D eigenvalue weighted by Crippen LogP contribution is 2.23. The minimum atomic E-state index is -0.541. The lowest BCUT2D eigenvalue weighted by molar-refractivity contribution is 0.168. The van der Waals surface area contributed by atoms with Crippen LogP contribution in [0.15, 0.2) is 42.5 Å². The number of halogens is 1. The van der Waals surface area contributed by atoms with Crippen LogP contribution in [-0.2, 0) is 11.3 Å². The number of hydrogen-bond acceptors (Lipinski definition) is 4. The molecule has 2 aromatic carbocycles. The van der Waals surface area contributed by atoms with Crippen molar-refractivity contribution >= 4 is 23.2 Å². The molecular weight excluding hydrogens is 297 g/mol. The Hall–Kier alpha value is -2.76. The number of benzene rings is 2. The molecule has 23 heavy (non-hydrogen) atoms. The Balaban J connectivity index is 0.00000264. The summed E-state index contributed by atoms with van der Waals surface area (Å²) in [6, 6.07) is 11.5. The van der Waals surface area contributed by atoms with Gasteiger partial charge in [-0.1, -0.05) is 19.6 Å². The molecule has 0 bridgehead atoms. The summed E-state index contributed by atoms with van der Waals surface area (Å²) in [5, 5.41) is 5.74. The van der Waals surface area contributed by atoms with E-state index in [1.165, 1.54) is 12.1 Å². The van der Waals surface area contributed by atoms with Crippen molar-refractivity contribution in [2.75, 3.05) is 23.0 Å². The number of nitrogens with one attached hydrogen (secondary N) is 2. The first-order valence-corrected chi connectivity index (χ1v) is 6.90. The Morgan fingerprint density at radius 1 is 1.22 bits per heavy atom. The molecule has 0 aliphatic rings. The summed E-state index contributed by atoms with van der Waals surface area (Å²) in [6.45, 7) is 2.57. The standard InChI is InChI=1S/C16H18FN3O2.CH4/c1-2-22-16(21)20-15-8-7-13(9-14(15)18)19-10-11-3-5-12(17)6-4-11;/h3-9,19H,2,10,18H2,1H3,(H,20,21);1H4. The van der Waals surface area contributed by atoms with Gasteiger partial charge in [-0.2, -0.15) is 0 Å². The van der Waals surface area contributed by atoms with Crippen molar-refractivity contribution in [2.24, 2.45) is 0 Å². The first-order valence-electron chi connectivity index (χ1n) is 6.90. The third-order valence-electron chi connectivity index (χ3n) is 2.97. The molecule has 5 nitrogen and oxygen atoms in total. The van der Waals surface area contributed by atoms with Crippen LogP contribution in [0.3, 0.4) is 0 Å². The van der Waals surface area contributed by atoms with Gasteiger partial charge in [-0.25, -0.2) is 9.18 Å². The summed E-state index contributed by atoms with van der Waals surface area (Å²) in [5.74, 6) is -0.262. The highest BCUT2D eigenvalue weighted by atomic mass is 19.1. The largest absolute Gasteiger partial charge is 0.450 e. The van der Waals surface area contributed by atoms with Gasteiger partial charge in [0.2, 0.25) is 0 Å². The molecule has 2 rings (SSSR count). The van der Waals surface area contributed by atoms with Crippen molar-refractivity contribution in [1.29, 1.82) is 0 Å². The third kappa shape index (κ3) is 5.50. The molecule has 6 heteroatoms. The van der Waals surface area contributed by atoms with Crippen molar-refractivity contribution in [1.82, 2.24) is 0 Å².